The molecular formula is C30H39F4N9O7. The van der Waals surface area contributed by atoms with Gasteiger partial charge in [-0.15, -0.1) is 0 Å². The molecule has 0 saturated carbocycles. The first-order chi connectivity index (χ1) is 23.7. The number of rotatable bonds is 4. The fraction of sp³-hybridized carbons (Fsp3) is 0.500. The standard InChI is InChI=1S/C10H12FN3O3.C10H14FN3O.C5H3FN2O2.C5H10FNO/c11-8-6-13(4-3-9(8)15)7-1-2-10(12-5-7)14(16)17;11-8-6-14(4-3-9(8)15)7-1-2-10(12)13-5-7;6-4-1-2-5(7-3-4)8(9)10;6-4-3-7-2-1-5(4)8/h1-2,5,8-9,15H,3-4,6H2;1-2,5,8-9,15H,3-4,6H2,(H2,12,13);1-3H;4-5,7-8H,1-3H2/t2*8-,9-;;4-,5-/m00.0/s1. The van der Waals surface area contributed by atoms with Crippen LogP contribution in [-0.2, 0) is 0 Å². The molecule has 16 nitrogen and oxygen atoms in total. The summed E-state index contributed by atoms with van der Waals surface area (Å²) < 4.78 is 50.9. The summed E-state index contributed by atoms with van der Waals surface area (Å²) in [6.07, 6.45) is -0.888. The molecule has 0 unspecified atom stereocenters. The quantitative estimate of drug-likeness (QED) is 0.148. The SMILES string of the molecule is Nc1ccc(N2CC[C@H](O)[C@@H](F)C2)cn1.O=[N+]([O-])c1ccc(F)cn1.O=[N+]([O-])c1ccc(N2CC[C@H](O)[C@@H](F)C2)cn1.O[C@H]1CCNC[C@@H]1F. The first kappa shape index (κ1) is 39.6. The van der Waals surface area contributed by atoms with E-state index < -0.39 is 52.5 Å². The lowest BCUT2D eigenvalue weighted by Gasteiger charge is -2.33. The highest BCUT2D eigenvalue weighted by molar-refractivity contribution is 5.49. The van der Waals surface area contributed by atoms with Gasteiger partial charge in [0.05, 0.1) is 49.0 Å². The van der Waals surface area contributed by atoms with E-state index in [-0.39, 0.29) is 24.7 Å². The Bertz CT molecular complexity index is 1470. The molecule has 6 heterocycles. The van der Waals surface area contributed by atoms with E-state index in [9.17, 15) is 48.0 Å². The maximum absolute atomic E-state index is 13.3. The van der Waals surface area contributed by atoms with E-state index in [1.807, 2.05) is 11.0 Å². The van der Waals surface area contributed by atoms with Gasteiger partial charge in [0.25, 0.3) is 0 Å². The second kappa shape index (κ2) is 19.4. The lowest BCUT2D eigenvalue weighted by Crippen LogP contribution is -2.44. The summed E-state index contributed by atoms with van der Waals surface area (Å²) in [6, 6.07) is 8.32. The number of nitrogens with zero attached hydrogens (tertiary/aromatic N) is 7. The Morgan fingerprint density at radius 1 is 0.720 bits per heavy atom. The number of nitrogens with one attached hydrogen (secondary N) is 1. The van der Waals surface area contributed by atoms with Gasteiger partial charge in [0.2, 0.25) is 0 Å². The molecule has 50 heavy (non-hydrogen) atoms. The van der Waals surface area contributed by atoms with Crippen LogP contribution >= 0.6 is 0 Å². The van der Waals surface area contributed by atoms with Crippen molar-refractivity contribution in [3.8, 4) is 0 Å². The first-order valence-corrected chi connectivity index (χ1v) is 15.5. The van der Waals surface area contributed by atoms with Gasteiger partial charge in [-0.05, 0) is 69.9 Å². The molecular weight excluding hydrogens is 674 g/mol. The molecule has 0 aromatic carbocycles. The minimum atomic E-state index is -1.29. The number of aromatic nitrogens is 3. The summed E-state index contributed by atoms with van der Waals surface area (Å²) >= 11 is 0. The van der Waals surface area contributed by atoms with Gasteiger partial charge in [-0.3, -0.25) is 0 Å². The number of anilines is 3. The Morgan fingerprint density at radius 3 is 1.56 bits per heavy atom. The van der Waals surface area contributed by atoms with Crippen LogP contribution in [0.15, 0.2) is 55.0 Å². The third-order valence-corrected chi connectivity index (χ3v) is 7.71. The maximum Gasteiger partial charge on any atom is 0.363 e. The average Bonchev–Trinajstić information content (AvgIpc) is 3.10. The fourth-order valence-corrected chi connectivity index (χ4v) is 4.79. The number of alkyl halides is 3. The summed E-state index contributed by atoms with van der Waals surface area (Å²) in [5, 5.41) is 50.4. The molecule has 0 aliphatic carbocycles. The Labute approximate surface area is 283 Å². The molecule has 274 valence electrons. The number of nitrogens with two attached hydrogens (primary N) is 1. The lowest BCUT2D eigenvalue weighted by atomic mass is 10.1. The minimum absolute atomic E-state index is 0.0840. The zero-order valence-corrected chi connectivity index (χ0v) is 26.7. The van der Waals surface area contributed by atoms with Crippen molar-refractivity contribution in [2.24, 2.45) is 0 Å². The van der Waals surface area contributed by atoms with Gasteiger partial charge >= 0.3 is 11.6 Å². The van der Waals surface area contributed by atoms with Gasteiger partial charge in [0.1, 0.15) is 24.3 Å². The highest BCUT2D eigenvalue weighted by Crippen LogP contribution is 2.23. The van der Waals surface area contributed by atoms with E-state index >= 15 is 0 Å². The van der Waals surface area contributed by atoms with Crippen molar-refractivity contribution in [2.75, 3.05) is 54.8 Å². The van der Waals surface area contributed by atoms with Crippen LogP contribution in [0.5, 0.6) is 0 Å². The number of hydrogen-bond acceptors (Lipinski definition) is 14. The zero-order chi connectivity index (χ0) is 36.8. The smallest absolute Gasteiger partial charge is 0.363 e. The second-order valence-electron chi connectivity index (χ2n) is 11.4. The summed E-state index contributed by atoms with van der Waals surface area (Å²) in [5.74, 6) is -0.706. The molecule has 3 aliphatic heterocycles. The number of nitrogen functional groups attached to an aromatic ring is 1. The third-order valence-electron chi connectivity index (χ3n) is 7.71. The Balaban J connectivity index is 0.000000188. The number of aliphatic hydroxyl groups is 3. The molecule has 3 aromatic rings. The van der Waals surface area contributed by atoms with Crippen LogP contribution in [0.1, 0.15) is 19.3 Å². The van der Waals surface area contributed by atoms with E-state index in [4.69, 9.17) is 10.8 Å². The molecule has 3 aromatic heterocycles. The molecule has 20 heteroatoms. The van der Waals surface area contributed by atoms with Gasteiger partial charge < -0.3 is 56.4 Å². The third kappa shape index (κ3) is 12.6. The molecule has 3 saturated heterocycles. The van der Waals surface area contributed by atoms with E-state index in [0.29, 0.717) is 50.4 Å². The van der Waals surface area contributed by atoms with E-state index in [2.05, 4.69) is 20.3 Å². The van der Waals surface area contributed by atoms with Crippen molar-refractivity contribution in [2.45, 2.75) is 56.1 Å². The van der Waals surface area contributed by atoms with Crippen molar-refractivity contribution in [3.05, 3.63) is 81.0 Å². The van der Waals surface area contributed by atoms with Crippen LogP contribution in [0.25, 0.3) is 0 Å². The normalized spacial score (nSPS) is 24.6. The van der Waals surface area contributed by atoms with Crippen molar-refractivity contribution in [1.82, 2.24) is 20.3 Å². The largest absolute Gasteiger partial charge is 0.390 e. The number of pyridine rings is 3. The Kier molecular flexibility index (Phi) is 15.4. The van der Waals surface area contributed by atoms with Crippen LogP contribution in [0.2, 0.25) is 0 Å². The fourth-order valence-electron chi connectivity index (χ4n) is 4.79. The van der Waals surface area contributed by atoms with Crippen molar-refractivity contribution >= 4 is 28.8 Å². The molecule has 3 aliphatic rings. The minimum Gasteiger partial charge on any atom is -0.390 e. The summed E-state index contributed by atoms with van der Waals surface area (Å²) in [5.41, 5.74) is 6.94. The number of aliphatic hydroxyl groups excluding tert-OH is 3. The van der Waals surface area contributed by atoms with Crippen LogP contribution in [0, 0.1) is 26.0 Å². The van der Waals surface area contributed by atoms with Crippen LogP contribution in [0.3, 0.4) is 0 Å². The molecule has 0 amide bonds. The van der Waals surface area contributed by atoms with Crippen LogP contribution in [-0.4, -0.2) is 116 Å². The van der Waals surface area contributed by atoms with Crippen LogP contribution < -0.4 is 20.9 Å². The van der Waals surface area contributed by atoms with Crippen LogP contribution in [0.4, 0.5) is 46.4 Å². The molecule has 6 N–H and O–H groups in total. The summed E-state index contributed by atoms with van der Waals surface area (Å²) in [4.78, 5) is 33.5. The highest BCUT2D eigenvalue weighted by Gasteiger charge is 2.29. The molecule has 0 spiro atoms. The second-order valence-corrected chi connectivity index (χ2v) is 11.4. The number of nitro groups is 2. The molecule has 3 fully saturated rings. The molecule has 0 radical (unpaired) electrons. The Hall–Kier alpha value is -4.79. The Morgan fingerprint density at radius 2 is 1.20 bits per heavy atom. The number of piperidine rings is 3. The highest BCUT2D eigenvalue weighted by atomic mass is 19.1. The lowest BCUT2D eigenvalue weighted by molar-refractivity contribution is -0.389. The summed E-state index contributed by atoms with van der Waals surface area (Å²) in [6.45, 7) is 2.50. The van der Waals surface area contributed by atoms with E-state index in [1.54, 1.807) is 17.2 Å². The van der Waals surface area contributed by atoms with Crippen molar-refractivity contribution in [3.63, 3.8) is 0 Å². The molecule has 6 rings (SSSR count). The predicted molar refractivity (Wildman–Crippen MR) is 174 cm³/mol. The average molecular weight is 714 g/mol. The molecule has 6 atom stereocenters. The van der Waals surface area contributed by atoms with Crippen molar-refractivity contribution in [1.29, 1.82) is 0 Å². The van der Waals surface area contributed by atoms with Gasteiger partial charge in [-0.2, -0.15) is 0 Å². The van der Waals surface area contributed by atoms with E-state index in [1.165, 1.54) is 18.3 Å². The van der Waals surface area contributed by atoms with Gasteiger partial charge in [0, 0.05) is 31.8 Å². The van der Waals surface area contributed by atoms with Gasteiger partial charge in [-0.1, -0.05) is 0 Å². The molecule has 0 bridgehead atoms. The van der Waals surface area contributed by atoms with Gasteiger partial charge in [0.15, 0.2) is 18.2 Å². The topological polar surface area (TPSA) is 230 Å². The number of halogens is 4. The van der Waals surface area contributed by atoms with E-state index in [0.717, 1.165) is 30.6 Å². The first-order valence-electron chi connectivity index (χ1n) is 15.5. The number of hydrogen-bond donors (Lipinski definition) is 5. The van der Waals surface area contributed by atoms with Crippen molar-refractivity contribution < 1.29 is 42.7 Å². The van der Waals surface area contributed by atoms with Gasteiger partial charge in [-0.25, -0.2) is 22.5 Å². The summed E-state index contributed by atoms with van der Waals surface area (Å²) in [7, 11) is 0. The maximum atomic E-state index is 13.3. The predicted octanol–water partition coefficient (Wildman–Crippen LogP) is 2.28. The monoisotopic (exact) mass is 713 g/mol. The zero-order valence-electron chi connectivity index (χ0n) is 26.7.